The van der Waals surface area contributed by atoms with Gasteiger partial charge in [-0.1, -0.05) is 54.6 Å². The lowest BCUT2D eigenvalue weighted by Gasteiger charge is -2.31. The first-order valence-corrected chi connectivity index (χ1v) is 9.37. The maximum atomic E-state index is 12.3. The normalized spacial score (nSPS) is 15.3. The van der Waals surface area contributed by atoms with Gasteiger partial charge in [0.15, 0.2) is 0 Å². The van der Waals surface area contributed by atoms with Gasteiger partial charge in [0.2, 0.25) is 5.91 Å². The summed E-state index contributed by atoms with van der Waals surface area (Å²) in [6.45, 7) is 2.81. The first kappa shape index (κ1) is 18.6. The van der Waals surface area contributed by atoms with Crippen LogP contribution >= 0.6 is 0 Å². The molecule has 1 atom stereocenters. The maximum absolute atomic E-state index is 12.3. The fourth-order valence-corrected chi connectivity index (χ4v) is 3.57. The van der Waals surface area contributed by atoms with Gasteiger partial charge in [0.1, 0.15) is 0 Å². The molecule has 2 aromatic rings. The minimum atomic E-state index is -0.522. The van der Waals surface area contributed by atoms with E-state index in [2.05, 4.69) is 29.2 Å². The summed E-state index contributed by atoms with van der Waals surface area (Å²) in [5.74, 6) is 0.0805. The Morgan fingerprint density at radius 2 is 1.81 bits per heavy atom. The van der Waals surface area contributed by atoms with Crippen molar-refractivity contribution in [1.82, 2.24) is 9.80 Å². The molecule has 4 heteroatoms. The van der Waals surface area contributed by atoms with E-state index in [0.717, 1.165) is 25.9 Å². The first-order valence-electron chi connectivity index (χ1n) is 9.37. The Labute approximate surface area is 156 Å². The number of nitrogens with zero attached hydrogens (tertiary/aromatic N) is 2. The Kier molecular flexibility index (Phi) is 6.42. The number of aryl methyl sites for hydroxylation is 1. The molecule has 0 saturated heterocycles. The van der Waals surface area contributed by atoms with E-state index in [1.54, 1.807) is 11.9 Å². The lowest BCUT2D eigenvalue weighted by Crippen LogP contribution is -2.42. The van der Waals surface area contributed by atoms with E-state index in [9.17, 15) is 9.90 Å². The van der Waals surface area contributed by atoms with Gasteiger partial charge < -0.3 is 10.0 Å². The Morgan fingerprint density at radius 3 is 2.58 bits per heavy atom. The van der Waals surface area contributed by atoms with E-state index in [-0.39, 0.29) is 5.91 Å². The molecule has 138 valence electrons. The number of benzene rings is 2. The van der Waals surface area contributed by atoms with Crippen LogP contribution in [0.15, 0.2) is 54.6 Å². The molecule has 0 radical (unpaired) electrons. The lowest BCUT2D eigenvalue weighted by atomic mass is 10.00. The molecule has 0 spiro atoms. The number of carbonyl (C=O) groups is 1. The van der Waals surface area contributed by atoms with Crippen molar-refractivity contribution in [3.8, 4) is 0 Å². The van der Waals surface area contributed by atoms with Crippen LogP contribution in [-0.4, -0.2) is 53.6 Å². The van der Waals surface area contributed by atoms with Gasteiger partial charge in [-0.05, 0) is 29.5 Å². The largest absolute Gasteiger partial charge is 0.390 e. The van der Waals surface area contributed by atoms with Gasteiger partial charge in [0.25, 0.3) is 0 Å². The summed E-state index contributed by atoms with van der Waals surface area (Å²) in [5, 5.41) is 10.4. The number of hydrogen-bond acceptors (Lipinski definition) is 3. The maximum Gasteiger partial charge on any atom is 0.222 e. The van der Waals surface area contributed by atoms with Crippen LogP contribution in [0, 0.1) is 0 Å². The zero-order valence-corrected chi connectivity index (χ0v) is 15.5. The number of carbonyl (C=O) groups excluding carboxylic acids is 1. The Bertz CT molecular complexity index is 717. The minimum absolute atomic E-state index is 0.0805. The van der Waals surface area contributed by atoms with Crippen LogP contribution in [0.25, 0.3) is 0 Å². The molecule has 1 aliphatic rings. The topological polar surface area (TPSA) is 43.8 Å². The third-order valence-corrected chi connectivity index (χ3v) is 5.06. The Hall–Kier alpha value is -2.17. The number of β-amino-alcohol motifs (C(OH)–C–C–N with tert-alkyl or cyclic N) is 1. The van der Waals surface area contributed by atoms with Gasteiger partial charge >= 0.3 is 0 Å². The number of amides is 1. The van der Waals surface area contributed by atoms with Crippen LogP contribution in [0.3, 0.4) is 0 Å². The van der Waals surface area contributed by atoms with Gasteiger partial charge in [-0.15, -0.1) is 0 Å². The van der Waals surface area contributed by atoms with Gasteiger partial charge in [0, 0.05) is 39.6 Å². The molecule has 1 aliphatic heterocycles. The second-order valence-corrected chi connectivity index (χ2v) is 7.17. The summed E-state index contributed by atoms with van der Waals surface area (Å²) in [6.07, 6.45) is 1.72. The average Bonchev–Trinajstić information content (AvgIpc) is 2.66. The van der Waals surface area contributed by atoms with Gasteiger partial charge in [-0.2, -0.15) is 0 Å². The third-order valence-electron chi connectivity index (χ3n) is 5.06. The molecule has 0 saturated carbocycles. The van der Waals surface area contributed by atoms with E-state index < -0.39 is 6.10 Å². The zero-order chi connectivity index (χ0) is 18.4. The number of rotatable bonds is 7. The van der Waals surface area contributed by atoms with Crippen LogP contribution in [0.5, 0.6) is 0 Å². The van der Waals surface area contributed by atoms with E-state index in [1.807, 2.05) is 30.3 Å². The van der Waals surface area contributed by atoms with E-state index in [0.29, 0.717) is 19.5 Å². The molecule has 2 aromatic carbocycles. The highest BCUT2D eigenvalue weighted by Gasteiger charge is 2.20. The fourth-order valence-electron chi connectivity index (χ4n) is 3.57. The Balaban J connectivity index is 1.42. The van der Waals surface area contributed by atoms with Crippen molar-refractivity contribution in [3.05, 3.63) is 71.3 Å². The van der Waals surface area contributed by atoms with Crippen LogP contribution in [0.1, 0.15) is 23.1 Å². The van der Waals surface area contributed by atoms with E-state index in [4.69, 9.17) is 0 Å². The van der Waals surface area contributed by atoms with E-state index >= 15 is 0 Å². The van der Waals surface area contributed by atoms with E-state index in [1.165, 1.54) is 16.7 Å². The summed E-state index contributed by atoms with van der Waals surface area (Å²) in [4.78, 5) is 16.2. The number of likely N-dealkylation sites (N-methyl/N-ethyl adjacent to an activating group) is 1. The van der Waals surface area contributed by atoms with Crippen molar-refractivity contribution >= 4 is 5.91 Å². The molecule has 0 aliphatic carbocycles. The molecule has 26 heavy (non-hydrogen) atoms. The van der Waals surface area contributed by atoms with Crippen molar-refractivity contribution in [1.29, 1.82) is 0 Å². The molecule has 3 rings (SSSR count). The van der Waals surface area contributed by atoms with Gasteiger partial charge in [-0.25, -0.2) is 0 Å². The molecule has 0 bridgehead atoms. The summed E-state index contributed by atoms with van der Waals surface area (Å²) >= 11 is 0. The van der Waals surface area contributed by atoms with Crippen molar-refractivity contribution in [3.63, 3.8) is 0 Å². The second-order valence-electron chi connectivity index (χ2n) is 7.17. The predicted molar refractivity (Wildman–Crippen MR) is 104 cm³/mol. The van der Waals surface area contributed by atoms with Crippen LogP contribution in [0.4, 0.5) is 0 Å². The number of aliphatic hydroxyl groups is 1. The minimum Gasteiger partial charge on any atom is -0.390 e. The highest BCUT2D eigenvalue weighted by molar-refractivity contribution is 5.76. The summed E-state index contributed by atoms with van der Waals surface area (Å²) in [7, 11) is 1.78. The van der Waals surface area contributed by atoms with Crippen molar-refractivity contribution in [2.75, 3.05) is 26.7 Å². The molecular weight excluding hydrogens is 324 g/mol. The van der Waals surface area contributed by atoms with Crippen molar-refractivity contribution < 1.29 is 9.90 Å². The second kappa shape index (κ2) is 8.97. The molecule has 0 fully saturated rings. The predicted octanol–water partition coefficient (Wildman–Crippen LogP) is 2.50. The molecule has 1 unspecified atom stereocenters. The molecule has 0 aromatic heterocycles. The molecule has 1 N–H and O–H groups in total. The van der Waals surface area contributed by atoms with Crippen molar-refractivity contribution in [2.45, 2.75) is 31.9 Å². The van der Waals surface area contributed by atoms with Gasteiger partial charge in [0.05, 0.1) is 6.10 Å². The summed E-state index contributed by atoms with van der Waals surface area (Å²) < 4.78 is 0. The van der Waals surface area contributed by atoms with Gasteiger partial charge in [-0.3, -0.25) is 9.69 Å². The molecule has 1 amide bonds. The highest BCUT2D eigenvalue weighted by atomic mass is 16.3. The number of hydrogen-bond donors (Lipinski definition) is 1. The van der Waals surface area contributed by atoms with Crippen LogP contribution < -0.4 is 0 Å². The van der Waals surface area contributed by atoms with Crippen LogP contribution in [-0.2, 0) is 24.2 Å². The number of fused-ring (bicyclic) bond motifs is 1. The summed E-state index contributed by atoms with van der Waals surface area (Å²) in [5.41, 5.74) is 3.92. The molecule has 4 nitrogen and oxygen atoms in total. The standard InChI is InChI=1S/C22H28N2O2/c1-23(22(26)12-11-18-7-3-2-4-8-18)16-21(25)17-24-14-13-19-9-5-6-10-20(19)15-24/h2-10,21,25H,11-17H2,1H3. The SMILES string of the molecule is CN(CC(O)CN1CCc2ccccc2C1)C(=O)CCc1ccccc1. The number of aliphatic hydroxyl groups excluding tert-OH is 1. The quantitative estimate of drug-likeness (QED) is 0.833. The lowest BCUT2D eigenvalue weighted by molar-refractivity contribution is -0.131. The monoisotopic (exact) mass is 352 g/mol. The summed E-state index contributed by atoms with van der Waals surface area (Å²) in [6, 6.07) is 18.5. The highest BCUT2D eigenvalue weighted by Crippen LogP contribution is 2.18. The Morgan fingerprint density at radius 1 is 1.12 bits per heavy atom. The molecule has 1 heterocycles. The van der Waals surface area contributed by atoms with Crippen molar-refractivity contribution in [2.24, 2.45) is 0 Å². The van der Waals surface area contributed by atoms with Crippen LogP contribution in [0.2, 0.25) is 0 Å². The third kappa shape index (κ3) is 5.16. The zero-order valence-electron chi connectivity index (χ0n) is 15.5. The first-order chi connectivity index (χ1) is 12.6. The smallest absolute Gasteiger partial charge is 0.222 e. The average molecular weight is 352 g/mol. The fraction of sp³-hybridized carbons (Fsp3) is 0.409. The molecular formula is C22H28N2O2.